The molecule has 0 fully saturated rings. The zero-order valence-corrected chi connectivity index (χ0v) is 11.8. The molecule has 0 saturated heterocycles. The van der Waals surface area contributed by atoms with Crippen LogP contribution in [0.2, 0.25) is 0 Å². The van der Waals surface area contributed by atoms with Crippen LogP contribution in [-0.2, 0) is 4.79 Å². The third-order valence-electron chi connectivity index (χ3n) is 2.83. The van der Waals surface area contributed by atoms with Gasteiger partial charge in [-0.1, -0.05) is 13.0 Å². The third kappa shape index (κ3) is 3.07. The number of nitrogens with zero attached hydrogens (tertiary/aromatic N) is 1. The number of carbonyl (C=O) groups is 1. The standard InChI is InChI=1S/C13H15BrN2O/c1-4-13(3,8-15)12(17)16-11-7-9(2)5-6-10(11)14/h5-7H,4H2,1-3H3,(H,16,17). The van der Waals surface area contributed by atoms with Gasteiger partial charge in [-0.25, -0.2) is 0 Å². The maximum atomic E-state index is 12.0. The molecule has 0 spiro atoms. The van der Waals surface area contributed by atoms with E-state index in [1.54, 1.807) is 6.92 Å². The molecule has 1 rings (SSSR count). The third-order valence-corrected chi connectivity index (χ3v) is 3.52. The highest BCUT2D eigenvalue weighted by Crippen LogP contribution is 2.27. The van der Waals surface area contributed by atoms with E-state index >= 15 is 0 Å². The van der Waals surface area contributed by atoms with Crippen LogP contribution in [0.3, 0.4) is 0 Å². The largest absolute Gasteiger partial charge is 0.324 e. The Bertz CT molecular complexity index is 479. The lowest BCUT2D eigenvalue weighted by Gasteiger charge is -2.19. The summed E-state index contributed by atoms with van der Waals surface area (Å²) in [6, 6.07) is 7.75. The molecule has 1 N–H and O–H groups in total. The second-order valence-corrected chi connectivity index (χ2v) is 5.09. The number of aryl methyl sites for hydroxylation is 1. The number of amides is 1. The van der Waals surface area contributed by atoms with E-state index in [1.165, 1.54) is 0 Å². The van der Waals surface area contributed by atoms with Crippen molar-refractivity contribution in [3.63, 3.8) is 0 Å². The molecule has 0 aliphatic carbocycles. The van der Waals surface area contributed by atoms with Crippen LogP contribution < -0.4 is 5.32 Å². The van der Waals surface area contributed by atoms with Crippen LogP contribution in [0.1, 0.15) is 25.8 Å². The van der Waals surface area contributed by atoms with Gasteiger partial charge in [-0.15, -0.1) is 0 Å². The molecule has 4 heteroatoms. The Morgan fingerprint density at radius 1 is 1.59 bits per heavy atom. The van der Waals surface area contributed by atoms with E-state index in [0.717, 1.165) is 10.0 Å². The second-order valence-electron chi connectivity index (χ2n) is 4.23. The second kappa shape index (κ2) is 5.33. The molecule has 1 aromatic carbocycles. The maximum Gasteiger partial charge on any atom is 0.244 e. The molecule has 1 unspecified atom stereocenters. The highest BCUT2D eigenvalue weighted by Gasteiger charge is 2.31. The molecule has 0 radical (unpaired) electrons. The summed E-state index contributed by atoms with van der Waals surface area (Å²) in [4.78, 5) is 12.0. The van der Waals surface area contributed by atoms with Crippen LogP contribution in [0.4, 0.5) is 5.69 Å². The Kier molecular flexibility index (Phi) is 4.30. The Hall–Kier alpha value is -1.34. The van der Waals surface area contributed by atoms with Crippen molar-refractivity contribution >= 4 is 27.5 Å². The van der Waals surface area contributed by atoms with Gasteiger partial charge in [0.15, 0.2) is 0 Å². The summed E-state index contributed by atoms with van der Waals surface area (Å²) in [5, 5.41) is 11.8. The number of hydrogen-bond acceptors (Lipinski definition) is 2. The quantitative estimate of drug-likeness (QED) is 0.925. The van der Waals surface area contributed by atoms with Gasteiger partial charge in [-0.05, 0) is 53.9 Å². The lowest BCUT2D eigenvalue weighted by atomic mass is 9.88. The predicted molar refractivity (Wildman–Crippen MR) is 71.5 cm³/mol. The van der Waals surface area contributed by atoms with E-state index in [-0.39, 0.29) is 5.91 Å². The number of hydrogen-bond donors (Lipinski definition) is 1. The number of nitrogens with one attached hydrogen (secondary N) is 1. The summed E-state index contributed by atoms with van der Waals surface area (Å²) < 4.78 is 0.813. The first-order valence-corrected chi connectivity index (χ1v) is 6.21. The Morgan fingerprint density at radius 3 is 2.76 bits per heavy atom. The van der Waals surface area contributed by atoms with Crippen molar-refractivity contribution in [1.82, 2.24) is 0 Å². The summed E-state index contributed by atoms with van der Waals surface area (Å²) in [6.07, 6.45) is 0.485. The van der Waals surface area contributed by atoms with Crippen molar-refractivity contribution in [2.75, 3.05) is 5.32 Å². The molecule has 90 valence electrons. The van der Waals surface area contributed by atoms with E-state index in [0.29, 0.717) is 12.1 Å². The fraction of sp³-hybridized carbons (Fsp3) is 0.385. The lowest BCUT2D eigenvalue weighted by Crippen LogP contribution is -2.31. The number of anilines is 1. The fourth-order valence-electron chi connectivity index (χ4n) is 1.29. The van der Waals surface area contributed by atoms with Crippen molar-refractivity contribution in [2.24, 2.45) is 5.41 Å². The molecule has 17 heavy (non-hydrogen) atoms. The number of benzene rings is 1. The topological polar surface area (TPSA) is 52.9 Å². The number of nitriles is 1. The summed E-state index contributed by atoms with van der Waals surface area (Å²) in [7, 11) is 0. The molecular weight excluding hydrogens is 280 g/mol. The monoisotopic (exact) mass is 294 g/mol. The van der Waals surface area contributed by atoms with Crippen LogP contribution in [0, 0.1) is 23.7 Å². The van der Waals surface area contributed by atoms with E-state index in [2.05, 4.69) is 27.3 Å². The Balaban J connectivity index is 2.96. The van der Waals surface area contributed by atoms with Crippen molar-refractivity contribution < 1.29 is 4.79 Å². The minimum atomic E-state index is -0.983. The van der Waals surface area contributed by atoms with Gasteiger partial charge in [0.1, 0.15) is 5.41 Å². The normalized spacial score (nSPS) is 13.6. The molecular formula is C13H15BrN2O. The van der Waals surface area contributed by atoms with Crippen LogP contribution >= 0.6 is 15.9 Å². The lowest BCUT2D eigenvalue weighted by molar-refractivity contribution is -0.122. The van der Waals surface area contributed by atoms with Gasteiger partial charge >= 0.3 is 0 Å². The zero-order chi connectivity index (χ0) is 13.1. The summed E-state index contributed by atoms with van der Waals surface area (Å²) in [5.74, 6) is -0.270. The maximum absolute atomic E-state index is 12.0. The van der Waals surface area contributed by atoms with Crippen molar-refractivity contribution in [3.05, 3.63) is 28.2 Å². The van der Waals surface area contributed by atoms with Crippen LogP contribution in [0.5, 0.6) is 0 Å². The fourth-order valence-corrected chi connectivity index (χ4v) is 1.63. The Labute approximate surface area is 110 Å². The number of halogens is 1. The molecule has 0 aliphatic rings. The van der Waals surface area contributed by atoms with E-state index in [4.69, 9.17) is 5.26 Å². The molecule has 1 atom stereocenters. The highest BCUT2D eigenvalue weighted by molar-refractivity contribution is 9.10. The first-order valence-electron chi connectivity index (χ1n) is 5.42. The van der Waals surface area contributed by atoms with Crippen LogP contribution in [0.25, 0.3) is 0 Å². The van der Waals surface area contributed by atoms with Gasteiger partial charge in [0.2, 0.25) is 5.91 Å². The van der Waals surface area contributed by atoms with E-state index in [9.17, 15) is 4.79 Å². The molecule has 0 bridgehead atoms. The van der Waals surface area contributed by atoms with Crippen molar-refractivity contribution in [2.45, 2.75) is 27.2 Å². The van der Waals surface area contributed by atoms with Gasteiger partial charge in [-0.3, -0.25) is 4.79 Å². The van der Waals surface area contributed by atoms with Gasteiger partial charge in [-0.2, -0.15) is 5.26 Å². The molecule has 0 saturated carbocycles. The molecule has 0 aliphatic heterocycles. The van der Waals surface area contributed by atoms with Gasteiger partial charge in [0, 0.05) is 4.47 Å². The predicted octanol–water partition coefficient (Wildman–Crippen LogP) is 3.64. The van der Waals surface area contributed by atoms with E-state index in [1.807, 2.05) is 32.0 Å². The van der Waals surface area contributed by atoms with Crippen molar-refractivity contribution in [1.29, 1.82) is 5.26 Å². The average Bonchev–Trinajstić information content (AvgIpc) is 2.32. The smallest absolute Gasteiger partial charge is 0.244 e. The number of carbonyl (C=O) groups excluding carboxylic acids is 1. The minimum Gasteiger partial charge on any atom is -0.324 e. The van der Waals surface area contributed by atoms with Gasteiger partial charge < -0.3 is 5.32 Å². The molecule has 1 amide bonds. The van der Waals surface area contributed by atoms with Crippen LogP contribution in [0.15, 0.2) is 22.7 Å². The summed E-state index contributed by atoms with van der Waals surface area (Å²) >= 11 is 3.37. The Morgan fingerprint density at radius 2 is 2.24 bits per heavy atom. The number of rotatable bonds is 3. The van der Waals surface area contributed by atoms with Gasteiger partial charge in [0.05, 0.1) is 11.8 Å². The highest BCUT2D eigenvalue weighted by atomic mass is 79.9. The van der Waals surface area contributed by atoms with Crippen molar-refractivity contribution in [3.8, 4) is 6.07 Å². The minimum absolute atomic E-state index is 0.270. The zero-order valence-electron chi connectivity index (χ0n) is 10.2. The summed E-state index contributed by atoms with van der Waals surface area (Å²) in [6.45, 7) is 5.42. The average molecular weight is 295 g/mol. The molecule has 0 heterocycles. The van der Waals surface area contributed by atoms with E-state index < -0.39 is 5.41 Å². The SMILES string of the molecule is CCC(C)(C#N)C(=O)Nc1cc(C)ccc1Br. The molecule has 3 nitrogen and oxygen atoms in total. The molecule has 0 aromatic heterocycles. The summed E-state index contributed by atoms with van der Waals surface area (Å²) in [5.41, 5.74) is 0.770. The first kappa shape index (κ1) is 13.7. The first-order chi connectivity index (χ1) is 7.92. The van der Waals surface area contributed by atoms with Gasteiger partial charge in [0.25, 0.3) is 0 Å². The molecule has 1 aromatic rings. The van der Waals surface area contributed by atoms with Crippen LogP contribution in [-0.4, -0.2) is 5.91 Å².